The Kier molecular flexibility index (Phi) is 5.94. The number of anilines is 1. The lowest BCUT2D eigenvalue weighted by atomic mass is 9.98. The lowest BCUT2D eigenvalue weighted by molar-refractivity contribution is -0.000752. The van der Waals surface area contributed by atoms with Gasteiger partial charge in [-0.05, 0) is 58.4 Å². The van der Waals surface area contributed by atoms with E-state index in [0.29, 0.717) is 35.1 Å². The molecule has 1 saturated heterocycles. The van der Waals surface area contributed by atoms with Gasteiger partial charge in [-0.15, -0.1) is 0 Å². The second-order valence-corrected chi connectivity index (χ2v) is 11.2. The van der Waals surface area contributed by atoms with Gasteiger partial charge in [0.2, 0.25) is 0 Å². The summed E-state index contributed by atoms with van der Waals surface area (Å²) in [4.78, 5) is 41.9. The molecule has 5 rings (SSSR count). The molecule has 194 valence electrons. The topological polar surface area (TPSA) is 89.7 Å². The number of fused-ring (bicyclic) bond motifs is 1. The monoisotopic (exact) mass is 523 g/mol. The fourth-order valence-corrected chi connectivity index (χ4v) is 5.16. The van der Waals surface area contributed by atoms with Crippen LogP contribution in [0.15, 0.2) is 41.3 Å². The van der Waals surface area contributed by atoms with Crippen LogP contribution in [0.5, 0.6) is 0 Å². The van der Waals surface area contributed by atoms with Gasteiger partial charge < -0.3 is 14.2 Å². The van der Waals surface area contributed by atoms with E-state index >= 15 is 0 Å². The first-order valence-electron chi connectivity index (χ1n) is 12.2. The third-order valence-corrected chi connectivity index (χ3v) is 7.07. The zero-order chi connectivity index (χ0) is 26.8. The van der Waals surface area contributed by atoms with E-state index in [-0.39, 0.29) is 23.6 Å². The molecule has 4 heterocycles. The van der Waals surface area contributed by atoms with Crippen LogP contribution in [0.4, 0.5) is 10.5 Å². The van der Waals surface area contributed by atoms with E-state index in [0.717, 1.165) is 16.8 Å². The zero-order valence-corrected chi connectivity index (χ0v) is 22.5. The Morgan fingerprint density at radius 1 is 1.11 bits per heavy atom. The molecule has 2 aromatic heterocycles. The van der Waals surface area contributed by atoms with Crippen LogP contribution < -0.4 is 10.5 Å². The molecule has 2 aliphatic rings. The van der Waals surface area contributed by atoms with Gasteiger partial charge in [0.25, 0.3) is 11.5 Å². The Morgan fingerprint density at radius 3 is 2.35 bits per heavy atom. The van der Waals surface area contributed by atoms with Crippen LogP contribution in [0.1, 0.15) is 65.7 Å². The number of hydrogen-bond donors (Lipinski definition) is 0. The van der Waals surface area contributed by atoms with Crippen molar-refractivity contribution in [3.05, 3.63) is 80.0 Å². The largest absolute Gasteiger partial charge is 0.444 e. The number of ether oxygens (including phenoxy) is 1. The molecule has 10 heteroatoms. The highest BCUT2D eigenvalue weighted by Gasteiger charge is 2.45. The van der Waals surface area contributed by atoms with E-state index < -0.39 is 11.6 Å². The molecule has 2 aliphatic heterocycles. The number of carbonyl (C=O) groups is 2. The van der Waals surface area contributed by atoms with E-state index in [2.05, 4.69) is 0 Å². The van der Waals surface area contributed by atoms with Crippen molar-refractivity contribution in [3.8, 4) is 0 Å². The highest BCUT2D eigenvalue weighted by molar-refractivity contribution is 6.30. The number of pyridine rings is 1. The number of hydrogen-bond acceptors (Lipinski definition) is 5. The second kappa shape index (κ2) is 8.76. The second-order valence-electron chi connectivity index (χ2n) is 10.8. The summed E-state index contributed by atoms with van der Waals surface area (Å²) in [6, 6.07) is 8.66. The van der Waals surface area contributed by atoms with Crippen LogP contribution in [0.2, 0.25) is 5.02 Å². The molecule has 2 amide bonds. The standard InChI is InChI=1S/C27H30ClN5O4/c1-15-11-19(12-30(6)24(15)34)32-23(17-7-9-18(28)10-8-17)21-16(2)33(29-22(21)25(32)35)20-13-31(14-20)26(36)37-27(3,4)5/h7-12,20,23H,13-14H2,1-6H3. The molecule has 1 atom stereocenters. The number of likely N-dealkylation sites (tertiary alicyclic amines) is 1. The number of rotatable bonds is 3. The predicted octanol–water partition coefficient (Wildman–Crippen LogP) is 4.39. The molecule has 0 saturated carbocycles. The minimum atomic E-state index is -0.564. The minimum Gasteiger partial charge on any atom is -0.444 e. The van der Waals surface area contributed by atoms with Crippen molar-refractivity contribution >= 4 is 29.3 Å². The number of carbonyl (C=O) groups excluding carboxylic acids is 2. The molecule has 37 heavy (non-hydrogen) atoms. The molecule has 0 N–H and O–H groups in total. The summed E-state index contributed by atoms with van der Waals surface area (Å²) in [5.74, 6) is -0.238. The molecule has 1 fully saturated rings. The van der Waals surface area contributed by atoms with Gasteiger partial charge in [-0.2, -0.15) is 5.10 Å². The summed E-state index contributed by atoms with van der Waals surface area (Å²) >= 11 is 6.16. The highest BCUT2D eigenvalue weighted by Crippen LogP contribution is 2.44. The molecule has 0 aliphatic carbocycles. The van der Waals surface area contributed by atoms with Crippen molar-refractivity contribution < 1.29 is 14.3 Å². The van der Waals surface area contributed by atoms with Crippen LogP contribution >= 0.6 is 11.6 Å². The maximum Gasteiger partial charge on any atom is 0.410 e. The Morgan fingerprint density at radius 2 is 1.76 bits per heavy atom. The Bertz CT molecular complexity index is 1440. The molecule has 3 aromatic rings. The summed E-state index contributed by atoms with van der Waals surface area (Å²) < 4.78 is 8.81. The van der Waals surface area contributed by atoms with Crippen molar-refractivity contribution in [3.63, 3.8) is 0 Å². The number of nitrogens with zero attached hydrogens (tertiary/aromatic N) is 5. The number of aromatic nitrogens is 3. The molecule has 0 bridgehead atoms. The van der Waals surface area contributed by atoms with Crippen LogP contribution in [0, 0.1) is 13.8 Å². The van der Waals surface area contributed by atoms with Crippen molar-refractivity contribution in [2.75, 3.05) is 18.0 Å². The minimum absolute atomic E-state index is 0.0509. The quantitative estimate of drug-likeness (QED) is 0.508. The van der Waals surface area contributed by atoms with Gasteiger partial charge in [0.15, 0.2) is 5.69 Å². The molecule has 9 nitrogen and oxygen atoms in total. The van der Waals surface area contributed by atoms with Crippen molar-refractivity contribution in [2.45, 2.75) is 52.3 Å². The van der Waals surface area contributed by atoms with Crippen molar-refractivity contribution in [1.82, 2.24) is 19.2 Å². The highest BCUT2D eigenvalue weighted by atomic mass is 35.5. The fraction of sp³-hybridized carbons (Fsp3) is 0.407. The average molecular weight is 524 g/mol. The summed E-state index contributed by atoms with van der Waals surface area (Å²) in [6.07, 6.45) is 1.32. The molecular weight excluding hydrogens is 494 g/mol. The average Bonchev–Trinajstić information content (AvgIpc) is 3.25. The van der Waals surface area contributed by atoms with Gasteiger partial charge >= 0.3 is 6.09 Å². The third-order valence-electron chi connectivity index (χ3n) is 6.82. The van der Waals surface area contributed by atoms with Gasteiger partial charge in [0.1, 0.15) is 5.60 Å². The summed E-state index contributed by atoms with van der Waals surface area (Å²) in [5, 5.41) is 5.34. The lowest BCUT2D eigenvalue weighted by Gasteiger charge is -2.40. The van der Waals surface area contributed by atoms with Gasteiger partial charge in [0.05, 0.1) is 17.8 Å². The van der Waals surface area contributed by atoms with Gasteiger partial charge in [-0.25, -0.2) is 4.79 Å². The first-order valence-corrected chi connectivity index (χ1v) is 12.6. The van der Waals surface area contributed by atoms with Gasteiger partial charge in [-0.3, -0.25) is 19.2 Å². The van der Waals surface area contributed by atoms with E-state index in [4.69, 9.17) is 21.4 Å². The maximum absolute atomic E-state index is 13.8. The smallest absolute Gasteiger partial charge is 0.410 e. The summed E-state index contributed by atoms with van der Waals surface area (Å²) in [6.45, 7) is 10.1. The Hall–Kier alpha value is -3.59. The first-order chi connectivity index (χ1) is 17.4. The fourth-order valence-electron chi connectivity index (χ4n) is 5.03. The molecule has 1 unspecified atom stereocenters. The Labute approximate surface area is 220 Å². The summed E-state index contributed by atoms with van der Waals surface area (Å²) in [5.41, 5.74) is 3.42. The Balaban J connectivity index is 1.52. The third kappa shape index (κ3) is 4.31. The maximum atomic E-state index is 13.8. The van der Waals surface area contributed by atoms with E-state index in [1.165, 1.54) is 4.57 Å². The molecule has 1 aromatic carbocycles. The normalized spacial score (nSPS) is 17.7. The van der Waals surface area contributed by atoms with E-state index in [9.17, 15) is 14.4 Å². The number of amides is 2. The van der Waals surface area contributed by atoms with E-state index in [1.54, 1.807) is 48.2 Å². The van der Waals surface area contributed by atoms with Gasteiger partial charge in [0, 0.05) is 48.2 Å². The first kappa shape index (κ1) is 25.1. The SMILES string of the molecule is Cc1cc(N2C(=O)c3nn(C4CN(C(=O)OC(C)(C)C)C4)c(C)c3C2c2ccc(Cl)cc2)cn(C)c1=O. The van der Waals surface area contributed by atoms with Crippen LogP contribution in [0.25, 0.3) is 0 Å². The number of halogens is 1. The lowest BCUT2D eigenvalue weighted by Crippen LogP contribution is -2.52. The predicted molar refractivity (Wildman–Crippen MR) is 140 cm³/mol. The van der Waals surface area contributed by atoms with Crippen molar-refractivity contribution in [1.29, 1.82) is 0 Å². The van der Waals surface area contributed by atoms with Crippen LogP contribution in [-0.4, -0.2) is 49.9 Å². The van der Waals surface area contributed by atoms with Crippen molar-refractivity contribution in [2.24, 2.45) is 7.05 Å². The zero-order valence-electron chi connectivity index (χ0n) is 21.8. The van der Waals surface area contributed by atoms with E-state index in [1.807, 2.05) is 44.5 Å². The molecular formula is C27H30ClN5O4. The molecule has 0 radical (unpaired) electrons. The summed E-state index contributed by atoms with van der Waals surface area (Å²) in [7, 11) is 1.67. The number of benzene rings is 1. The number of aryl methyl sites for hydroxylation is 2. The molecule has 0 spiro atoms. The van der Waals surface area contributed by atoms with Crippen LogP contribution in [0.3, 0.4) is 0 Å². The van der Waals surface area contributed by atoms with Crippen LogP contribution in [-0.2, 0) is 11.8 Å². The van der Waals surface area contributed by atoms with Gasteiger partial charge in [-0.1, -0.05) is 23.7 Å².